The van der Waals surface area contributed by atoms with E-state index in [0.717, 1.165) is 50.4 Å². The molecule has 1 atom stereocenters. The standard InChI is InChI=1S/C92H96N2O/c1-85(2,3)57-29-31-62(32-30-57)92(64-42-52-80-73(54-64)72-53-63(90(16,17)18)41-51-79(72)95-80)75-55-77(93(65-43-33-58(34-44-65)86(4,5)6)66-45-35-59(36-46-66)87(7,8)9)69-25-21-22-26-70(69)81(75)83-76(92)56-78(84-82(83)71-27-23-24-28-74(71)91(84,19)20)94(67-47-37-60(38-48-67)88(10,11)12)68-49-39-61(40-50-68)89(13,14)15/h21-56H,1-20H3. The van der Waals surface area contributed by atoms with E-state index in [9.17, 15) is 0 Å². The molecule has 95 heavy (non-hydrogen) atoms. The molecule has 0 amide bonds. The summed E-state index contributed by atoms with van der Waals surface area (Å²) in [5.41, 5.74) is 27.2. The summed E-state index contributed by atoms with van der Waals surface area (Å²) in [5.74, 6) is 0. The molecule has 14 rings (SSSR count). The van der Waals surface area contributed by atoms with Crippen LogP contribution in [0.15, 0.2) is 223 Å². The summed E-state index contributed by atoms with van der Waals surface area (Å²) in [6.07, 6.45) is 0. The van der Waals surface area contributed by atoms with Crippen LogP contribution in [0, 0.1) is 0 Å². The maximum Gasteiger partial charge on any atom is 0.135 e. The van der Waals surface area contributed by atoms with E-state index in [1.54, 1.807) is 0 Å². The first-order chi connectivity index (χ1) is 44.6. The van der Waals surface area contributed by atoms with Gasteiger partial charge in [-0.2, -0.15) is 0 Å². The first-order valence-electron chi connectivity index (χ1n) is 34.6. The van der Waals surface area contributed by atoms with Gasteiger partial charge in [0.15, 0.2) is 0 Å². The highest BCUT2D eigenvalue weighted by Gasteiger charge is 2.53. The Labute approximate surface area is 566 Å². The molecule has 0 saturated carbocycles. The molecule has 1 unspecified atom stereocenters. The van der Waals surface area contributed by atoms with Crippen molar-refractivity contribution in [1.29, 1.82) is 0 Å². The first kappa shape index (κ1) is 63.5. The Balaban J connectivity index is 1.20. The highest BCUT2D eigenvalue weighted by Crippen LogP contribution is 2.68. The number of furan rings is 1. The molecular weight excluding hydrogens is 1150 g/mol. The SMILES string of the molecule is CC(C)(C)c1ccc(N(c2ccc(C(C)(C)C)cc2)c2cc3c(c4c2C(C)(C)c2ccccc2-4)-c2c(cc(N(c4ccc(C(C)(C)C)cc4)c4ccc(C(C)(C)C)cc4)c4ccccc24)C3(c2ccc(C(C)(C)C)cc2)c2ccc3oc4ccc(C(C)(C)C)cc4c3c2)cc1. The summed E-state index contributed by atoms with van der Waals surface area (Å²) in [4.78, 5) is 5.16. The Morgan fingerprint density at radius 1 is 0.284 bits per heavy atom. The van der Waals surface area contributed by atoms with E-state index in [2.05, 4.69) is 367 Å². The van der Waals surface area contributed by atoms with Crippen LogP contribution in [0.5, 0.6) is 0 Å². The smallest absolute Gasteiger partial charge is 0.135 e. The van der Waals surface area contributed by atoms with Gasteiger partial charge in [-0.3, -0.25) is 0 Å². The average molecular weight is 1250 g/mol. The van der Waals surface area contributed by atoms with Crippen molar-refractivity contribution in [1.82, 2.24) is 0 Å². The molecule has 3 heteroatoms. The Bertz CT molecular complexity index is 4860. The van der Waals surface area contributed by atoms with Crippen LogP contribution in [-0.2, 0) is 43.3 Å². The van der Waals surface area contributed by atoms with Gasteiger partial charge in [-0.25, -0.2) is 0 Å². The highest BCUT2D eigenvalue weighted by atomic mass is 16.3. The van der Waals surface area contributed by atoms with Crippen LogP contribution in [-0.4, -0.2) is 0 Å². The largest absolute Gasteiger partial charge is 0.456 e. The molecule has 0 N–H and O–H groups in total. The second-order valence-corrected chi connectivity index (χ2v) is 34.3. The Morgan fingerprint density at radius 2 is 0.642 bits per heavy atom. The maximum atomic E-state index is 6.95. The molecule has 3 nitrogen and oxygen atoms in total. The Morgan fingerprint density at radius 3 is 1.11 bits per heavy atom. The van der Waals surface area contributed by atoms with E-state index in [0.29, 0.717) is 0 Å². The van der Waals surface area contributed by atoms with Crippen molar-refractivity contribution in [2.24, 2.45) is 0 Å². The zero-order chi connectivity index (χ0) is 67.5. The van der Waals surface area contributed by atoms with Crippen LogP contribution in [0.2, 0.25) is 0 Å². The van der Waals surface area contributed by atoms with Crippen molar-refractivity contribution in [3.05, 3.63) is 285 Å². The quantitative estimate of drug-likeness (QED) is 0.151. The predicted octanol–water partition coefficient (Wildman–Crippen LogP) is 26.1. The molecule has 2 aliphatic rings. The van der Waals surface area contributed by atoms with E-state index < -0.39 is 10.8 Å². The zero-order valence-electron chi connectivity index (χ0n) is 60.1. The zero-order valence-corrected chi connectivity index (χ0v) is 60.1. The molecular formula is C92H96N2O. The topological polar surface area (TPSA) is 19.6 Å². The normalized spacial score (nSPS) is 15.5. The number of nitrogens with zero attached hydrogens (tertiary/aromatic N) is 2. The molecule has 12 aromatic rings. The second-order valence-electron chi connectivity index (χ2n) is 34.3. The van der Waals surface area contributed by atoms with Crippen molar-refractivity contribution in [3.8, 4) is 22.3 Å². The van der Waals surface area contributed by atoms with Gasteiger partial charge in [0.05, 0.1) is 16.8 Å². The average Bonchev–Trinajstić information content (AvgIpc) is 1.50. The lowest BCUT2D eigenvalue weighted by Gasteiger charge is -2.38. The predicted molar refractivity (Wildman–Crippen MR) is 408 cm³/mol. The molecule has 2 aliphatic carbocycles. The van der Waals surface area contributed by atoms with Crippen molar-refractivity contribution >= 4 is 66.8 Å². The molecule has 11 aromatic carbocycles. The van der Waals surface area contributed by atoms with Crippen LogP contribution < -0.4 is 9.80 Å². The van der Waals surface area contributed by atoms with Gasteiger partial charge in [0, 0.05) is 44.3 Å². The monoisotopic (exact) mass is 1240 g/mol. The number of benzene rings is 11. The lowest BCUT2D eigenvalue weighted by molar-refractivity contribution is 0.589. The van der Waals surface area contributed by atoms with Gasteiger partial charge in [-0.1, -0.05) is 272 Å². The molecule has 0 fully saturated rings. The number of hydrogen-bond acceptors (Lipinski definition) is 3. The fourth-order valence-corrected chi connectivity index (χ4v) is 15.7. The molecule has 0 saturated heterocycles. The molecule has 480 valence electrons. The number of hydrogen-bond donors (Lipinski definition) is 0. The van der Waals surface area contributed by atoms with Gasteiger partial charge >= 0.3 is 0 Å². The minimum atomic E-state index is -0.944. The summed E-state index contributed by atoms with van der Waals surface area (Å²) >= 11 is 0. The summed E-state index contributed by atoms with van der Waals surface area (Å²) in [6.45, 7) is 46.6. The van der Waals surface area contributed by atoms with Crippen molar-refractivity contribution in [3.63, 3.8) is 0 Å². The molecule has 1 heterocycles. The van der Waals surface area contributed by atoms with Gasteiger partial charge in [0.1, 0.15) is 11.2 Å². The van der Waals surface area contributed by atoms with E-state index in [1.165, 1.54) is 105 Å². The number of anilines is 6. The van der Waals surface area contributed by atoms with Gasteiger partial charge < -0.3 is 14.2 Å². The third-order valence-corrected chi connectivity index (χ3v) is 21.3. The molecule has 0 radical (unpaired) electrons. The van der Waals surface area contributed by atoms with Crippen molar-refractivity contribution < 1.29 is 4.42 Å². The van der Waals surface area contributed by atoms with E-state index in [-0.39, 0.29) is 32.5 Å². The highest BCUT2D eigenvalue weighted by molar-refractivity contribution is 6.16. The van der Waals surface area contributed by atoms with Crippen LogP contribution in [0.1, 0.15) is 205 Å². The van der Waals surface area contributed by atoms with Crippen LogP contribution >= 0.6 is 0 Å². The summed E-state index contributed by atoms with van der Waals surface area (Å²) in [6, 6.07) is 85.6. The van der Waals surface area contributed by atoms with Crippen molar-refractivity contribution in [2.45, 2.75) is 182 Å². The third kappa shape index (κ3) is 10.4. The van der Waals surface area contributed by atoms with Gasteiger partial charge in [-0.05, 0) is 212 Å². The fraction of sp³-hybridized carbons (Fsp3) is 0.304. The van der Waals surface area contributed by atoms with E-state index in [4.69, 9.17) is 4.42 Å². The van der Waals surface area contributed by atoms with Gasteiger partial charge in [-0.15, -0.1) is 0 Å². The minimum Gasteiger partial charge on any atom is -0.456 e. The fourth-order valence-electron chi connectivity index (χ4n) is 15.7. The number of rotatable bonds is 8. The van der Waals surface area contributed by atoms with Gasteiger partial charge in [0.25, 0.3) is 0 Å². The summed E-state index contributed by atoms with van der Waals surface area (Å²) in [7, 11) is 0. The minimum absolute atomic E-state index is 0.0325. The lowest BCUT2D eigenvalue weighted by atomic mass is 9.66. The maximum absolute atomic E-state index is 6.95. The van der Waals surface area contributed by atoms with Crippen LogP contribution in [0.3, 0.4) is 0 Å². The van der Waals surface area contributed by atoms with E-state index >= 15 is 0 Å². The molecule has 0 spiro atoms. The van der Waals surface area contributed by atoms with Crippen molar-refractivity contribution in [2.75, 3.05) is 9.80 Å². The van der Waals surface area contributed by atoms with Gasteiger partial charge in [0.2, 0.25) is 0 Å². The Kier molecular flexibility index (Phi) is 14.6. The molecule has 1 aromatic heterocycles. The van der Waals surface area contributed by atoms with Crippen LogP contribution in [0.25, 0.3) is 55.0 Å². The lowest BCUT2D eigenvalue weighted by Crippen LogP contribution is -2.30. The van der Waals surface area contributed by atoms with E-state index in [1.807, 2.05) is 0 Å². The number of fused-ring (bicyclic) bond motifs is 12. The Hall–Kier alpha value is -8.92. The van der Waals surface area contributed by atoms with Crippen LogP contribution in [0.4, 0.5) is 34.1 Å². The summed E-state index contributed by atoms with van der Waals surface area (Å²) in [5, 5.41) is 4.63. The molecule has 0 aliphatic heterocycles. The second kappa shape index (κ2) is 21.8. The third-order valence-electron chi connectivity index (χ3n) is 21.3. The summed E-state index contributed by atoms with van der Waals surface area (Å²) < 4.78 is 6.95. The first-order valence-corrected chi connectivity index (χ1v) is 34.6. The molecule has 0 bridgehead atoms.